The summed E-state index contributed by atoms with van der Waals surface area (Å²) in [6.07, 6.45) is 5.52. The van der Waals surface area contributed by atoms with Gasteiger partial charge in [-0.3, -0.25) is 4.79 Å². The predicted octanol–water partition coefficient (Wildman–Crippen LogP) is 8.93. The zero-order valence-electron chi connectivity index (χ0n) is 22.2. The lowest BCUT2D eigenvalue weighted by molar-refractivity contribution is -0.179. The van der Waals surface area contributed by atoms with E-state index < -0.39 is 11.0 Å². The van der Waals surface area contributed by atoms with Crippen molar-refractivity contribution < 1.29 is 9.53 Å². The molecule has 2 nitrogen and oxygen atoms in total. The summed E-state index contributed by atoms with van der Waals surface area (Å²) in [6.45, 7) is 11.0. The van der Waals surface area contributed by atoms with Crippen molar-refractivity contribution in [2.75, 3.05) is 0 Å². The summed E-state index contributed by atoms with van der Waals surface area (Å²) in [5, 5.41) is 0. The number of hydrogen-bond donors (Lipinski definition) is 0. The third-order valence-electron chi connectivity index (χ3n) is 8.48. The zero-order chi connectivity index (χ0) is 25.4. The van der Waals surface area contributed by atoms with Gasteiger partial charge in [0.25, 0.3) is 0 Å². The molecular weight excluding hydrogens is 428 g/mol. The van der Waals surface area contributed by atoms with Gasteiger partial charge >= 0.3 is 5.97 Å². The molecule has 0 unspecified atom stereocenters. The number of ether oxygens (including phenoxy) is 1. The van der Waals surface area contributed by atoms with E-state index in [9.17, 15) is 4.79 Å². The van der Waals surface area contributed by atoms with Crippen molar-refractivity contribution in [2.24, 2.45) is 10.8 Å². The van der Waals surface area contributed by atoms with E-state index in [0.717, 1.165) is 55.2 Å². The quantitative estimate of drug-likeness (QED) is 0.195. The summed E-state index contributed by atoms with van der Waals surface area (Å²) in [5.41, 5.74) is 1.19. The maximum atomic E-state index is 14.7. The van der Waals surface area contributed by atoms with Gasteiger partial charge in [-0.1, -0.05) is 132 Å². The second kappa shape index (κ2) is 11.7. The van der Waals surface area contributed by atoms with Gasteiger partial charge in [-0.15, -0.1) is 0 Å². The van der Waals surface area contributed by atoms with Crippen LogP contribution >= 0.6 is 0 Å². The van der Waals surface area contributed by atoms with Crippen LogP contribution in [0.15, 0.2) is 91.0 Å². The second-order valence-electron chi connectivity index (χ2n) is 9.70. The Morgan fingerprint density at radius 3 is 1.26 bits per heavy atom. The first-order chi connectivity index (χ1) is 17.0. The van der Waals surface area contributed by atoms with Crippen molar-refractivity contribution >= 4 is 5.97 Å². The van der Waals surface area contributed by atoms with Crippen LogP contribution in [0.3, 0.4) is 0 Å². The molecular formula is C33H42O2. The Kier molecular flexibility index (Phi) is 8.94. The molecule has 0 aliphatic heterocycles. The number of hydrogen-bond acceptors (Lipinski definition) is 2. The molecule has 3 aromatic rings. The molecule has 0 aliphatic carbocycles. The number of benzene rings is 3. The Labute approximate surface area is 212 Å². The van der Waals surface area contributed by atoms with Gasteiger partial charge in [0.2, 0.25) is 0 Å². The average Bonchev–Trinajstić information content (AvgIpc) is 2.93. The molecule has 0 heterocycles. The summed E-state index contributed by atoms with van der Waals surface area (Å²) < 4.78 is 6.96. The molecule has 0 N–H and O–H groups in total. The van der Waals surface area contributed by atoms with Crippen LogP contribution in [0, 0.1) is 10.8 Å². The Morgan fingerprint density at radius 1 is 0.600 bits per heavy atom. The van der Waals surface area contributed by atoms with Crippen molar-refractivity contribution in [2.45, 2.75) is 78.7 Å². The average molecular weight is 471 g/mol. The number of carbonyl (C=O) groups excluding carboxylic acids is 1. The van der Waals surface area contributed by atoms with Gasteiger partial charge in [0.05, 0.1) is 5.41 Å². The monoisotopic (exact) mass is 470 g/mol. The van der Waals surface area contributed by atoms with Crippen LogP contribution in [-0.4, -0.2) is 5.97 Å². The summed E-state index contributed by atoms with van der Waals surface area (Å²) in [5.74, 6) is -0.0868. The molecule has 0 saturated heterocycles. The molecule has 2 heteroatoms. The molecule has 0 spiro atoms. The molecule has 0 fully saturated rings. The van der Waals surface area contributed by atoms with Crippen LogP contribution in [0.1, 0.15) is 89.8 Å². The molecule has 0 aliphatic rings. The van der Waals surface area contributed by atoms with Crippen LogP contribution in [0.2, 0.25) is 0 Å². The fraction of sp³-hybridized carbons (Fsp3) is 0.424. The minimum absolute atomic E-state index is 0.0868. The lowest BCUT2D eigenvalue weighted by atomic mass is 9.55. The zero-order valence-corrected chi connectivity index (χ0v) is 22.2. The predicted molar refractivity (Wildman–Crippen MR) is 146 cm³/mol. The van der Waals surface area contributed by atoms with Crippen LogP contribution in [-0.2, 0) is 15.1 Å². The molecule has 0 bridgehead atoms. The highest BCUT2D eigenvalue weighted by atomic mass is 16.6. The van der Waals surface area contributed by atoms with Crippen molar-refractivity contribution in [3.8, 4) is 0 Å². The summed E-state index contributed by atoms with van der Waals surface area (Å²) in [7, 11) is 0. The van der Waals surface area contributed by atoms with Crippen molar-refractivity contribution in [3.63, 3.8) is 0 Å². The van der Waals surface area contributed by atoms with Gasteiger partial charge in [-0.05, 0) is 37.5 Å². The Hall–Kier alpha value is -2.87. The molecule has 3 aromatic carbocycles. The van der Waals surface area contributed by atoms with Gasteiger partial charge in [0, 0.05) is 16.7 Å². The van der Waals surface area contributed by atoms with E-state index in [1.54, 1.807) is 0 Å². The molecule has 186 valence electrons. The van der Waals surface area contributed by atoms with Crippen LogP contribution in [0.4, 0.5) is 0 Å². The summed E-state index contributed by atoms with van der Waals surface area (Å²) in [6, 6.07) is 30.6. The van der Waals surface area contributed by atoms with E-state index >= 15 is 0 Å². The van der Waals surface area contributed by atoms with E-state index in [0.29, 0.717) is 0 Å². The summed E-state index contributed by atoms with van der Waals surface area (Å²) >= 11 is 0. The largest absolute Gasteiger partial charge is 0.444 e. The minimum atomic E-state index is -1.03. The molecule has 0 saturated carbocycles. The van der Waals surface area contributed by atoms with Crippen LogP contribution in [0.25, 0.3) is 0 Å². The summed E-state index contributed by atoms with van der Waals surface area (Å²) in [4.78, 5) is 14.7. The molecule has 0 atom stereocenters. The topological polar surface area (TPSA) is 26.3 Å². The third-order valence-corrected chi connectivity index (χ3v) is 8.48. The number of rotatable bonds is 12. The maximum Gasteiger partial charge on any atom is 0.314 e. The first-order valence-electron chi connectivity index (χ1n) is 13.4. The second-order valence-corrected chi connectivity index (χ2v) is 9.70. The van der Waals surface area contributed by atoms with E-state index in [4.69, 9.17) is 4.74 Å². The molecule has 0 aromatic heterocycles. The van der Waals surface area contributed by atoms with Crippen LogP contribution in [0.5, 0.6) is 0 Å². The fourth-order valence-corrected chi connectivity index (χ4v) is 6.44. The highest BCUT2D eigenvalue weighted by Gasteiger charge is 2.55. The van der Waals surface area contributed by atoms with Gasteiger partial charge in [-0.25, -0.2) is 0 Å². The van der Waals surface area contributed by atoms with Gasteiger partial charge in [0.1, 0.15) is 0 Å². The van der Waals surface area contributed by atoms with Crippen molar-refractivity contribution in [1.82, 2.24) is 0 Å². The molecule has 0 amide bonds. The number of esters is 1. The van der Waals surface area contributed by atoms with Crippen molar-refractivity contribution in [3.05, 3.63) is 108 Å². The maximum absolute atomic E-state index is 14.7. The standard InChI is InChI=1S/C33H42O2/c1-6-26-31(7-2,8-3)32(9-4,10-5)30(34)35-33(27-20-14-11-15-21-27,28-22-16-12-17-23-28)29-24-18-13-19-25-29/h11-25H,6-10,26H2,1-5H3. The molecule has 3 rings (SSSR count). The SMILES string of the molecule is CCCC(CC)(CC)C(CC)(CC)C(=O)OC(c1ccccc1)(c1ccccc1)c1ccccc1. The fourth-order valence-electron chi connectivity index (χ4n) is 6.44. The van der Waals surface area contributed by atoms with Gasteiger partial charge in [0.15, 0.2) is 5.60 Å². The van der Waals surface area contributed by atoms with E-state index in [1.807, 2.05) is 54.6 Å². The Balaban J connectivity index is 2.30. The van der Waals surface area contributed by atoms with E-state index in [1.165, 1.54) is 0 Å². The lowest BCUT2D eigenvalue weighted by Gasteiger charge is -2.50. The van der Waals surface area contributed by atoms with E-state index in [-0.39, 0.29) is 11.4 Å². The van der Waals surface area contributed by atoms with Gasteiger partial charge in [-0.2, -0.15) is 0 Å². The minimum Gasteiger partial charge on any atom is -0.444 e. The van der Waals surface area contributed by atoms with Crippen molar-refractivity contribution in [1.29, 1.82) is 0 Å². The normalized spacial score (nSPS) is 12.4. The first-order valence-corrected chi connectivity index (χ1v) is 13.4. The first kappa shape index (κ1) is 26.7. The smallest absolute Gasteiger partial charge is 0.314 e. The van der Waals surface area contributed by atoms with E-state index in [2.05, 4.69) is 71.0 Å². The lowest BCUT2D eigenvalue weighted by Crippen LogP contribution is -2.50. The number of carbonyl (C=O) groups is 1. The Morgan fingerprint density at radius 2 is 0.971 bits per heavy atom. The highest BCUT2D eigenvalue weighted by molar-refractivity contribution is 5.79. The molecule has 0 radical (unpaired) electrons. The van der Waals surface area contributed by atoms with Gasteiger partial charge < -0.3 is 4.74 Å². The van der Waals surface area contributed by atoms with Crippen LogP contribution < -0.4 is 0 Å². The molecule has 35 heavy (non-hydrogen) atoms. The highest BCUT2D eigenvalue weighted by Crippen LogP contribution is 2.55. The third kappa shape index (κ3) is 4.68. The Bertz CT molecular complexity index is 936.